The molecule has 2 aromatic heterocycles. The van der Waals surface area contributed by atoms with Crippen LogP contribution < -0.4 is 5.32 Å². The van der Waals surface area contributed by atoms with Crippen LogP contribution in [0.3, 0.4) is 0 Å². The number of fused-ring (bicyclic) bond motifs is 3. The van der Waals surface area contributed by atoms with E-state index in [1.54, 1.807) is 23.3 Å². The molecule has 1 N–H and O–H groups in total. The Hall–Kier alpha value is -2.28. The number of carbonyl (C=O) groups excluding carboxylic acids is 2. The summed E-state index contributed by atoms with van der Waals surface area (Å²) in [4.78, 5) is 28.3. The molecule has 1 aliphatic carbocycles. The second-order valence-corrected chi connectivity index (χ2v) is 9.13. The Balaban J connectivity index is 1.62. The fourth-order valence-corrected chi connectivity index (χ4v) is 5.28. The minimum absolute atomic E-state index is 0.0628. The summed E-state index contributed by atoms with van der Waals surface area (Å²) in [6.07, 6.45) is 6.14. The van der Waals surface area contributed by atoms with Crippen molar-refractivity contribution in [3.63, 3.8) is 0 Å². The predicted octanol–water partition coefficient (Wildman–Crippen LogP) is 3.77. The summed E-state index contributed by atoms with van der Waals surface area (Å²) >= 11 is 1.62. The predicted molar refractivity (Wildman–Crippen MR) is 115 cm³/mol. The van der Waals surface area contributed by atoms with Crippen molar-refractivity contribution < 1.29 is 14.3 Å². The van der Waals surface area contributed by atoms with Crippen molar-refractivity contribution in [2.75, 3.05) is 13.7 Å². The first-order valence-corrected chi connectivity index (χ1v) is 11.3. The molecule has 0 radical (unpaired) electrons. The number of hydrogen-bond donors (Lipinski definition) is 1. The van der Waals surface area contributed by atoms with Gasteiger partial charge in [-0.2, -0.15) is 0 Å². The van der Waals surface area contributed by atoms with Crippen LogP contribution in [-0.4, -0.2) is 47.0 Å². The topological polar surface area (TPSA) is 63.6 Å². The number of carbonyl (C=O) groups is 2. The van der Waals surface area contributed by atoms with E-state index in [1.165, 1.54) is 0 Å². The highest BCUT2D eigenvalue weighted by Crippen LogP contribution is 2.31. The molecule has 1 atom stereocenters. The number of allylic oxidation sites excluding steroid dienone is 1. The Bertz CT molecular complexity index is 936. The maximum Gasteiger partial charge on any atom is 0.271 e. The van der Waals surface area contributed by atoms with Gasteiger partial charge in [-0.1, -0.05) is 6.92 Å². The standard InChI is InChI=1S/C22H29N3O3S/c1-4-16(28-3)12-25-19(21(26)23-15-7-5-14(2)6-8-15)13-24-17-9-10-29-20(17)11-18(24)22(25)27/h4,9-11,14-15,19H,5-8,12-13H2,1-3H3,(H,23,26)/b16-4-. The Labute approximate surface area is 175 Å². The van der Waals surface area contributed by atoms with Crippen LogP contribution in [-0.2, 0) is 16.1 Å². The molecule has 2 aliphatic rings. The van der Waals surface area contributed by atoms with Gasteiger partial charge < -0.3 is 19.5 Å². The van der Waals surface area contributed by atoms with Crippen molar-refractivity contribution >= 4 is 33.4 Å². The number of rotatable bonds is 5. The molecule has 0 bridgehead atoms. The van der Waals surface area contributed by atoms with Gasteiger partial charge in [-0.25, -0.2) is 0 Å². The molecular formula is C22H29N3O3S. The van der Waals surface area contributed by atoms with Gasteiger partial charge in [-0.3, -0.25) is 9.59 Å². The number of nitrogens with zero attached hydrogens (tertiary/aromatic N) is 2. The third kappa shape index (κ3) is 3.80. The summed E-state index contributed by atoms with van der Waals surface area (Å²) in [5.41, 5.74) is 1.68. The summed E-state index contributed by atoms with van der Waals surface area (Å²) in [5, 5.41) is 5.25. The smallest absolute Gasteiger partial charge is 0.271 e. The molecule has 2 amide bonds. The molecule has 156 valence electrons. The molecule has 29 heavy (non-hydrogen) atoms. The van der Waals surface area contributed by atoms with Crippen molar-refractivity contribution in [2.45, 2.75) is 58.2 Å². The summed E-state index contributed by atoms with van der Waals surface area (Å²) in [6, 6.07) is 3.62. The number of nitrogens with one attached hydrogen (secondary N) is 1. The number of hydrogen-bond acceptors (Lipinski definition) is 4. The normalized spacial score (nSPS) is 25.2. The van der Waals surface area contributed by atoms with Crippen LogP contribution in [0.15, 0.2) is 29.3 Å². The zero-order chi connectivity index (χ0) is 20.5. The molecule has 3 heterocycles. The number of aromatic nitrogens is 1. The van der Waals surface area contributed by atoms with Crippen LogP contribution in [0.25, 0.3) is 10.2 Å². The molecule has 6 nitrogen and oxygen atoms in total. The van der Waals surface area contributed by atoms with Gasteiger partial charge in [0.2, 0.25) is 5.91 Å². The highest BCUT2D eigenvalue weighted by molar-refractivity contribution is 7.17. The molecule has 1 unspecified atom stereocenters. The van der Waals surface area contributed by atoms with Crippen molar-refractivity contribution in [1.82, 2.24) is 14.8 Å². The lowest BCUT2D eigenvalue weighted by Gasteiger charge is -2.37. The highest BCUT2D eigenvalue weighted by atomic mass is 32.1. The second kappa shape index (κ2) is 8.22. The average molecular weight is 416 g/mol. The summed E-state index contributed by atoms with van der Waals surface area (Å²) in [7, 11) is 1.60. The van der Waals surface area contributed by atoms with Gasteiger partial charge in [0.05, 0.1) is 30.4 Å². The van der Waals surface area contributed by atoms with E-state index in [9.17, 15) is 9.59 Å². The van der Waals surface area contributed by atoms with Gasteiger partial charge >= 0.3 is 0 Å². The lowest BCUT2D eigenvalue weighted by Crippen LogP contribution is -2.57. The van der Waals surface area contributed by atoms with Crippen LogP contribution in [0.5, 0.6) is 0 Å². The van der Waals surface area contributed by atoms with Crippen LogP contribution in [0.1, 0.15) is 50.0 Å². The summed E-state index contributed by atoms with van der Waals surface area (Å²) in [5.74, 6) is 1.23. The van der Waals surface area contributed by atoms with E-state index in [2.05, 4.69) is 12.2 Å². The molecule has 2 aromatic rings. The molecule has 7 heteroatoms. The Kier molecular flexibility index (Phi) is 5.67. The molecular weight excluding hydrogens is 386 g/mol. The average Bonchev–Trinajstić information content (AvgIpc) is 3.31. The molecule has 1 saturated carbocycles. The zero-order valence-electron chi connectivity index (χ0n) is 17.3. The van der Waals surface area contributed by atoms with Crippen LogP contribution in [0.4, 0.5) is 0 Å². The third-order valence-corrected chi connectivity index (χ3v) is 7.16. The number of ether oxygens (including phenoxy) is 1. The van der Waals surface area contributed by atoms with E-state index in [0.717, 1.165) is 41.8 Å². The van der Waals surface area contributed by atoms with Crippen LogP contribution in [0.2, 0.25) is 0 Å². The van der Waals surface area contributed by atoms with Gasteiger partial charge in [0.15, 0.2) is 0 Å². The molecule has 1 aliphatic heterocycles. The van der Waals surface area contributed by atoms with Crippen molar-refractivity contribution in [1.29, 1.82) is 0 Å². The first kappa shape index (κ1) is 20.0. The quantitative estimate of drug-likeness (QED) is 0.756. The molecule has 0 spiro atoms. The van der Waals surface area contributed by atoms with E-state index in [4.69, 9.17) is 4.74 Å². The van der Waals surface area contributed by atoms with Crippen molar-refractivity contribution in [3.05, 3.63) is 35.0 Å². The van der Waals surface area contributed by atoms with Gasteiger partial charge in [0, 0.05) is 6.04 Å². The Morgan fingerprint density at radius 3 is 2.79 bits per heavy atom. The Morgan fingerprint density at radius 1 is 1.34 bits per heavy atom. The van der Waals surface area contributed by atoms with Gasteiger partial charge in [-0.15, -0.1) is 11.3 Å². The fourth-order valence-electron chi connectivity index (χ4n) is 4.46. The summed E-state index contributed by atoms with van der Waals surface area (Å²) in [6.45, 7) is 4.91. The van der Waals surface area contributed by atoms with E-state index < -0.39 is 6.04 Å². The first-order valence-electron chi connectivity index (χ1n) is 10.4. The number of methoxy groups -OCH3 is 1. The molecule has 4 rings (SSSR count). The van der Waals surface area contributed by atoms with E-state index in [0.29, 0.717) is 24.5 Å². The van der Waals surface area contributed by atoms with E-state index >= 15 is 0 Å². The molecule has 1 fully saturated rings. The van der Waals surface area contributed by atoms with Crippen LogP contribution in [0, 0.1) is 5.92 Å². The third-order valence-electron chi connectivity index (χ3n) is 6.31. The fraction of sp³-hybridized carbons (Fsp3) is 0.545. The first-order chi connectivity index (χ1) is 14.0. The maximum atomic E-state index is 13.3. The SMILES string of the molecule is C/C=C(/CN1C(=O)c2cc3sccc3n2CC1C(=O)NC1CCC(C)CC1)OC. The van der Waals surface area contributed by atoms with Gasteiger partial charge in [0.1, 0.15) is 17.5 Å². The lowest BCUT2D eigenvalue weighted by molar-refractivity contribution is -0.127. The minimum atomic E-state index is -0.546. The van der Waals surface area contributed by atoms with Crippen molar-refractivity contribution in [2.24, 2.45) is 5.92 Å². The van der Waals surface area contributed by atoms with Crippen LogP contribution >= 0.6 is 11.3 Å². The lowest BCUT2D eigenvalue weighted by atomic mass is 9.87. The Morgan fingerprint density at radius 2 is 2.10 bits per heavy atom. The van der Waals surface area contributed by atoms with Gasteiger partial charge in [-0.05, 0) is 62.1 Å². The minimum Gasteiger partial charge on any atom is -0.500 e. The monoisotopic (exact) mass is 415 g/mol. The van der Waals surface area contributed by atoms with Crippen molar-refractivity contribution in [3.8, 4) is 0 Å². The second-order valence-electron chi connectivity index (χ2n) is 8.18. The maximum absolute atomic E-state index is 13.3. The number of amides is 2. The molecule has 0 saturated heterocycles. The van der Waals surface area contributed by atoms with Gasteiger partial charge in [0.25, 0.3) is 5.91 Å². The van der Waals surface area contributed by atoms with E-state index in [-0.39, 0.29) is 17.9 Å². The zero-order valence-corrected chi connectivity index (χ0v) is 18.1. The largest absolute Gasteiger partial charge is 0.500 e. The van der Waals surface area contributed by atoms with E-state index in [1.807, 2.05) is 35.1 Å². The highest BCUT2D eigenvalue weighted by Gasteiger charge is 2.39. The summed E-state index contributed by atoms with van der Waals surface area (Å²) < 4.78 is 8.48. The number of thiophene rings is 1. The molecule has 0 aromatic carbocycles.